The predicted molar refractivity (Wildman–Crippen MR) is 107 cm³/mol. The zero-order valence-electron chi connectivity index (χ0n) is 16.5. The molecule has 2 rings (SSSR count). The molecule has 0 aliphatic carbocycles. The molecule has 2 unspecified atom stereocenters. The zero-order valence-corrected chi connectivity index (χ0v) is 16.5. The number of hydrogen-bond donors (Lipinski definition) is 1. The molecule has 0 heterocycles. The van der Waals surface area contributed by atoms with Crippen LogP contribution in [-0.4, -0.2) is 31.4 Å². The molecule has 144 valence electrons. The minimum atomic E-state index is -1.27. The summed E-state index contributed by atoms with van der Waals surface area (Å²) in [6.07, 6.45) is -1.17. The summed E-state index contributed by atoms with van der Waals surface area (Å²) in [5, 5.41) is 9.89. The first-order chi connectivity index (χ1) is 12.7. The van der Waals surface area contributed by atoms with E-state index in [1.165, 1.54) is 11.9 Å². The summed E-state index contributed by atoms with van der Waals surface area (Å²) in [7, 11) is 2.93. The number of nitrogens with zero attached hydrogens (tertiary/aromatic N) is 2. The highest BCUT2D eigenvalue weighted by Crippen LogP contribution is 2.34. The van der Waals surface area contributed by atoms with Crippen LogP contribution in [0.1, 0.15) is 37.3 Å². The second-order valence-corrected chi connectivity index (χ2v) is 6.83. The Morgan fingerprint density at radius 2 is 1.85 bits per heavy atom. The summed E-state index contributed by atoms with van der Waals surface area (Å²) in [6.45, 7) is 5.97. The van der Waals surface area contributed by atoms with Gasteiger partial charge in [0.2, 0.25) is 0 Å². The molecule has 6 nitrogen and oxygen atoms in total. The maximum absolute atomic E-state index is 12.7. The molecule has 0 aliphatic heterocycles. The summed E-state index contributed by atoms with van der Waals surface area (Å²) in [4.78, 5) is 31.6. The number of hydrogen-bond acceptors (Lipinski definition) is 3. The fraction of sp³-hybridized carbons (Fsp3) is 0.333. The van der Waals surface area contributed by atoms with E-state index in [-0.39, 0.29) is 5.92 Å². The van der Waals surface area contributed by atoms with Gasteiger partial charge in [-0.1, -0.05) is 44.2 Å². The van der Waals surface area contributed by atoms with Crippen molar-refractivity contribution in [1.82, 2.24) is 4.65 Å². The van der Waals surface area contributed by atoms with Crippen molar-refractivity contribution < 1.29 is 19.5 Å². The molecule has 0 bridgehead atoms. The number of rotatable bonds is 4. The number of quaternary nitrogens is 1. The third-order valence-electron chi connectivity index (χ3n) is 4.83. The summed E-state index contributed by atoms with van der Waals surface area (Å²) >= 11 is 0. The molecule has 0 aliphatic rings. The molecule has 2 aromatic carbocycles. The third kappa shape index (κ3) is 4.28. The second kappa shape index (κ2) is 8.22. The average Bonchev–Trinajstić information content (AvgIpc) is 2.66. The fourth-order valence-corrected chi connectivity index (χ4v) is 2.86. The molecular formula is C21H27N2O4+. The maximum Gasteiger partial charge on any atom is 0.562 e. The van der Waals surface area contributed by atoms with Crippen LogP contribution in [0.3, 0.4) is 0 Å². The third-order valence-corrected chi connectivity index (χ3v) is 4.83. The van der Waals surface area contributed by atoms with E-state index in [2.05, 4.69) is 0 Å². The van der Waals surface area contributed by atoms with Crippen LogP contribution in [0.4, 0.5) is 21.0 Å². The van der Waals surface area contributed by atoms with Crippen LogP contribution in [0.2, 0.25) is 0 Å². The van der Waals surface area contributed by atoms with Crippen molar-refractivity contribution in [2.24, 2.45) is 0 Å². The molecule has 0 saturated heterocycles. The minimum Gasteiger partial charge on any atom is -0.432 e. The highest BCUT2D eigenvalue weighted by molar-refractivity contribution is 5.90. The first kappa shape index (κ1) is 20.5. The zero-order chi connectivity index (χ0) is 20.2. The quantitative estimate of drug-likeness (QED) is 0.584. The molecule has 2 amide bonds. The Kier molecular flexibility index (Phi) is 6.23. The monoisotopic (exact) mass is 371 g/mol. The van der Waals surface area contributed by atoms with Crippen LogP contribution in [0.15, 0.2) is 48.5 Å². The Bertz CT molecular complexity index is 836. The van der Waals surface area contributed by atoms with Crippen LogP contribution in [0.25, 0.3) is 0 Å². The van der Waals surface area contributed by atoms with Gasteiger partial charge < -0.3 is 5.11 Å². The van der Waals surface area contributed by atoms with Gasteiger partial charge in [-0.15, -0.1) is 0 Å². The molecule has 0 spiro atoms. The van der Waals surface area contributed by atoms with Gasteiger partial charge in [0, 0.05) is 24.4 Å². The van der Waals surface area contributed by atoms with Gasteiger partial charge in [-0.2, -0.15) is 4.79 Å². The van der Waals surface area contributed by atoms with E-state index in [0.29, 0.717) is 11.4 Å². The van der Waals surface area contributed by atoms with E-state index >= 15 is 0 Å². The molecule has 2 atom stereocenters. The number of amides is 2. The molecule has 6 heteroatoms. The van der Waals surface area contributed by atoms with Gasteiger partial charge in [0.05, 0.1) is 0 Å². The Hall–Kier alpha value is -2.86. The number of carbonyl (C=O) groups excluding carboxylic acids is 1. The minimum absolute atomic E-state index is 0.131. The van der Waals surface area contributed by atoms with E-state index in [1.54, 1.807) is 25.2 Å². The van der Waals surface area contributed by atoms with Crippen molar-refractivity contribution in [2.75, 3.05) is 19.0 Å². The number of para-hydroxylation sites is 1. The maximum atomic E-state index is 12.7. The Labute approximate surface area is 160 Å². The van der Waals surface area contributed by atoms with Crippen molar-refractivity contribution in [3.8, 4) is 0 Å². The largest absolute Gasteiger partial charge is 0.562 e. The average molecular weight is 371 g/mol. The van der Waals surface area contributed by atoms with Gasteiger partial charge in [0.25, 0.3) is 0 Å². The van der Waals surface area contributed by atoms with Gasteiger partial charge in [-0.05, 0) is 41.6 Å². The Morgan fingerprint density at radius 3 is 2.44 bits per heavy atom. The molecular weight excluding hydrogens is 344 g/mol. The van der Waals surface area contributed by atoms with Crippen molar-refractivity contribution in [1.29, 1.82) is 0 Å². The highest BCUT2D eigenvalue weighted by atomic mass is 16.8. The van der Waals surface area contributed by atoms with E-state index in [1.807, 2.05) is 51.1 Å². The molecule has 0 aromatic heterocycles. The number of carbonyl (C=O) groups is 2. The SMILES string of the molecule is CCC(C)c1ccccc1[N+](C)(OC(=O)N(C)c1cccc(C)c1)C(=O)O. The van der Waals surface area contributed by atoms with Gasteiger partial charge in [0.1, 0.15) is 7.05 Å². The lowest BCUT2D eigenvalue weighted by Gasteiger charge is -2.29. The Morgan fingerprint density at radius 1 is 1.19 bits per heavy atom. The first-order valence-corrected chi connectivity index (χ1v) is 8.94. The molecule has 0 radical (unpaired) electrons. The van der Waals surface area contributed by atoms with Crippen LogP contribution < -0.4 is 9.55 Å². The number of carboxylic acid groups (broad SMARTS) is 1. The normalized spacial score (nSPS) is 14.1. The van der Waals surface area contributed by atoms with Crippen LogP contribution in [0.5, 0.6) is 0 Å². The van der Waals surface area contributed by atoms with Gasteiger partial charge in [-0.3, -0.25) is 4.90 Å². The number of anilines is 1. The summed E-state index contributed by atoms with van der Waals surface area (Å²) in [5.41, 5.74) is 2.90. The summed E-state index contributed by atoms with van der Waals surface area (Å²) < 4.78 is -0.977. The predicted octanol–water partition coefficient (Wildman–Crippen LogP) is 5.31. The van der Waals surface area contributed by atoms with Crippen LogP contribution in [0, 0.1) is 6.92 Å². The molecule has 0 fully saturated rings. The van der Waals surface area contributed by atoms with E-state index in [4.69, 9.17) is 4.84 Å². The molecule has 2 aromatic rings. The smallest absolute Gasteiger partial charge is 0.432 e. The van der Waals surface area contributed by atoms with E-state index in [0.717, 1.165) is 17.5 Å². The standard InChI is InChI=1S/C21H26N2O4/c1-6-16(3)18-12-7-8-13-19(18)23(5,21(25)26)27-20(24)22(4)17-11-9-10-15(2)14-17/h7-14,16H,6H2,1-5H3/p+1. The van der Waals surface area contributed by atoms with Gasteiger partial charge in [-0.25, -0.2) is 9.63 Å². The van der Waals surface area contributed by atoms with Crippen LogP contribution >= 0.6 is 0 Å². The molecule has 1 N–H and O–H groups in total. The van der Waals surface area contributed by atoms with Gasteiger partial charge >= 0.3 is 12.2 Å². The number of aryl methyl sites for hydroxylation is 1. The lowest BCUT2D eigenvalue weighted by atomic mass is 9.96. The highest BCUT2D eigenvalue weighted by Gasteiger charge is 2.44. The topological polar surface area (TPSA) is 66.8 Å². The van der Waals surface area contributed by atoms with Crippen molar-refractivity contribution in [3.63, 3.8) is 0 Å². The van der Waals surface area contributed by atoms with Crippen LogP contribution in [-0.2, 0) is 4.84 Å². The lowest BCUT2D eigenvalue weighted by molar-refractivity contribution is -0.0456. The first-order valence-electron chi connectivity index (χ1n) is 8.94. The van der Waals surface area contributed by atoms with E-state index in [9.17, 15) is 14.7 Å². The second-order valence-electron chi connectivity index (χ2n) is 6.83. The molecule has 0 saturated carbocycles. The fourth-order valence-electron chi connectivity index (χ4n) is 2.86. The Balaban J connectivity index is 2.40. The lowest BCUT2D eigenvalue weighted by Crippen LogP contribution is -2.53. The molecule has 27 heavy (non-hydrogen) atoms. The number of benzene rings is 2. The van der Waals surface area contributed by atoms with Crippen molar-refractivity contribution >= 4 is 23.6 Å². The van der Waals surface area contributed by atoms with E-state index < -0.39 is 16.8 Å². The summed E-state index contributed by atoms with van der Waals surface area (Å²) in [6, 6.07) is 14.5. The van der Waals surface area contributed by atoms with Crippen molar-refractivity contribution in [3.05, 3.63) is 59.7 Å². The van der Waals surface area contributed by atoms with Crippen molar-refractivity contribution in [2.45, 2.75) is 33.1 Å². The summed E-state index contributed by atoms with van der Waals surface area (Å²) in [5.74, 6) is 0.131. The van der Waals surface area contributed by atoms with Gasteiger partial charge in [0.15, 0.2) is 5.69 Å². The number of hydroxylamine groups is 2.